The van der Waals surface area contributed by atoms with E-state index in [1.807, 2.05) is 0 Å². The number of hydrogen-bond acceptors (Lipinski definition) is 4. The zero-order chi connectivity index (χ0) is 11.5. The van der Waals surface area contributed by atoms with E-state index in [4.69, 9.17) is 0 Å². The molecule has 0 aliphatic rings. The zero-order valence-corrected chi connectivity index (χ0v) is 9.93. The van der Waals surface area contributed by atoms with Crippen LogP contribution in [0.5, 0.6) is 0 Å². The molecule has 0 saturated carbocycles. The first-order valence-corrected chi connectivity index (χ1v) is 6.10. The summed E-state index contributed by atoms with van der Waals surface area (Å²) in [5, 5.41) is 2.92. The van der Waals surface area contributed by atoms with Crippen LogP contribution in [0.25, 0.3) is 0 Å². The lowest BCUT2D eigenvalue weighted by Gasteiger charge is -2.02. The number of nitrogens with zero attached hydrogens (tertiary/aromatic N) is 2. The molecule has 0 atom stereocenters. The third-order valence-corrected chi connectivity index (χ3v) is 3.36. The van der Waals surface area contributed by atoms with Crippen LogP contribution < -0.4 is 10.0 Å². The van der Waals surface area contributed by atoms with E-state index in [9.17, 15) is 8.42 Å². The molecule has 15 heavy (non-hydrogen) atoms. The lowest BCUT2D eigenvalue weighted by molar-refractivity contribution is 0.576. The Morgan fingerprint density at radius 3 is 2.60 bits per heavy atom. The Morgan fingerprint density at radius 1 is 1.47 bits per heavy atom. The van der Waals surface area contributed by atoms with Gasteiger partial charge in [-0.25, -0.2) is 18.1 Å². The van der Waals surface area contributed by atoms with Gasteiger partial charge in [-0.3, -0.25) is 0 Å². The van der Waals surface area contributed by atoms with Gasteiger partial charge in [-0.05, 0) is 14.0 Å². The molecule has 0 aromatic carbocycles. The van der Waals surface area contributed by atoms with Gasteiger partial charge in [0.05, 0.1) is 0 Å². The smallest absolute Gasteiger partial charge is 0.259 e. The van der Waals surface area contributed by atoms with Gasteiger partial charge in [-0.1, -0.05) is 0 Å². The molecule has 1 rings (SSSR count). The van der Waals surface area contributed by atoms with Gasteiger partial charge in [0.15, 0.2) is 5.03 Å². The van der Waals surface area contributed by atoms with Crippen molar-refractivity contribution in [3.05, 3.63) is 12.0 Å². The summed E-state index contributed by atoms with van der Waals surface area (Å²) >= 11 is 0. The van der Waals surface area contributed by atoms with E-state index in [0.29, 0.717) is 18.9 Å². The Labute approximate surface area is 89.8 Å². The monoisotopic (exact) mass is 232 g/mol. The summed E-state index contributed by atoms with van der Waals surface area (Å²) in [4.78, 5) is 3.95. The molecule has 1 aromatic rings. The fraction of sp³-hybridized carbons (Fsp3) is 0.625. The summed E-state index contributed by atoms with van der Waals surface area (Å²) in [6.45, 7) is 2.70. The molecule has 0 radical (unpaired) electrons. The predicted octanol–water partition coefficient (Wildman–Crippen LogP) is -0.774. The highest BCUT2D eigenvalue weighted by Gasteiger charge is 2.17. The van der Waals surface area contributed by atoms with Crippen LogP contribution in [-0.2, 0) is 17.1 Å². The molecule has 86 valence electrons. The van der Waals surface area contributed by atoms with Gasteiger partial charge >= 0.3 is 0 Å². The number of nitrogens with one attached hydrogen (secondary N) is 2. The largest absolute Gasteiger partial charge is 0.337 e. The van der Waals surface area contributed by atoms with E-state index >= 15 is 0 Å². The van der Waals surface area contributed by atoms with E-state index in [0.717, 1.165) is 0 Å². The van der Waals surface area contributed by atoms with E-state index < -0.39 is 10.0 Å². The number of likely N-dealkylation sites (N-methyl/N-ethyl adjacent to an activating group) is 1. The highest BCUT2D eigenvalue weighted by molar-refractivity contribution is 7.89. The van der Waals surface area contributed by atoms with Crippen molar-refractivity contribution in [2.75, 3.05) is 20.1 Å². The van der Waals surface area contributed by atoms with Gasteiger partial charge in [0.1, 0.15) is 5.82 Å². The minimum atomic E-state index is -3.46. The molecule has 1 heterocycles. The number of sulfonamides is 1. The van der Waals surface area contributed by atoms with Gasteiger partial charge in [-0.15, -0.1) is 0 Å². The third kappa shape index (κ3) is 3.01. The zero-order valence-electron chi connectivity index (χ0n) is 9.11. The topological polar surface area (TPSA) is 76.0 Å². The molecule has 1 aromatic heterocycles. The number of rotatable bonds is 5. The van der Waals surface area contributed by atoms with Gasteiger partial charge in [0.25, 0.3) is 10.0 Å². The molecular formula is C8H16N4O2S. The minimum Gasteiger partial charge on any atom is -0.337 e. The molecular weight excluding hydrogens is 216 g/mol. The van der Waals surface area contributed by atoms with Crippen molar-refractivity contribution in [3.63, 3.8) is 0 Å². The quantitative estimate of drug-likeness (QED) is 0.653. The van der Waals surface area contributed by atoms with Crippen molar-refractivity contribution in [2.24, 2.45) is 7.05 Å². The summed E-state index contributed by atoms with van der Waals surface area (Å²) in [5.74, 6) is 0.670. The van der Waals surface area contributed by atoms with E-state index in [2.05, 4.69) is 15.0 Å². The van der Waals surface area contributed by atoms with Crippen molar-refractivity contribution in [1.82, 2.24) is 19.6 Å². The number of hydrogen-bond donors (Lipinski definition) is 2. The minimum absolute atomic E-state index is 0.0682. The van der Waals surface area contributed by atoms with E-state index in [1.165, 1.54) is 6.20 Å². The van der Waals surface area contributed by atoms with Crippen LogP contribution in [0.3, 0.4) is 0 Å². The summed E-state index contributed by atoms with van der Waals surface area (Å²) in [5.41, 5.74) is 0. The Morgan fingerprint density at radius 2 is 2.13 bits per heavy atom. The Balaban J connectivity index is 2.77. The molecule has 2 N–H and O–H groups in total. The lowest BCUT2D eigenvalue weighted by atomic mass is 10.7. The molecule has 0 saturated heterocycles. The Bertz CT molecular complexity index is 404. The van der Waals surface area contributed by atoms with Crippen LogP contribution >= 0.6 is 0 Å². The summed E-state index contributed by atoms with van der Waals surface area (Å²) in [7, 11) is 0.0659. The molecule has 0 bridgehead atoms. The van der Waals surface area contributed by atoms with E-state index in [1.54, 1.807) is 25.6 Å². The lowest BCUT2D eigenvalue weighted by Crippen LogP contribution is -2.30. The van der Waals surface area contributed by atoms with Gasteiger partial charge in [0.2, 0.25) is 0 Å². The highest BCUT2D eigenvalue weighted by Crippen LogP contribution is 2.06. The van der Waals surface area contributed by atoms with Crippen LogP contribution in [0.2, 0.25) is 0 Å². The maximum atomic E-state index is 11.7. The van der Waals surface area contributed by atoms with Gasteiger partial charge in [0, 0.05) is 26.3 Å². The second kappa shape index (κ2) is 4.73. The molecule has 7 heteroatoms. The van der Waals surface area contributed by atoms with Crippen molar-refractivity contribution < 1.29 is 8.42 Å². The molecule has 0 aliphatic carbocycles. The van der Waals surface area contributed by atoms with Crippen LogP contribution in [0, 0.1) is 6.92 Å². The normalized spacial score (nSPS) is 11.9. The fourth-order valence-electron chi connectivity index (χ4n) is 1.04. The third-order valence-electron chi connectivity index (χ3n) is 2.03. The first kappa shape index (κ1) is 12.2. The average molecular weight is 232 g/mol. The van der Waals surface area contributed by atoms with Crippen LogP contribution in [0.1, 0.15) is 5.82 Å². The molecule has 0 aliphatic heterocycles. The first-order valence-electron chi connectivity index (χ1n) is 4.61. The predicted molar refractivity (Wildman–Crippen MR) is 57.1 cm³/mol. The fourth-order valence-corrected chi connectivity index (χ4v) is 2.11. The Hall–Kier alpha value is -0.920. The number of imidazole rings is 1. The molecule has 0 fully saturated rings. The molecule has 0 unspecified atom stereocenters. The first-order chi connectivity index (χ1) is 6.97. The van der Waals surface area contributed by atoms with Crippen molar-refractivity contribution in [2.45, 2.75) is 11.9 Å². The Kier molecular flexibility index (Phi) is 3.83. The molecule has 0 spiro atoms. The highest BCUT2D eigenvalue weighted by atomic mass is 32.2. The summed E-state index contributed by atoms with van der Waals surface area (Å²) in [6.07, 6.45) is 1.50. The summed E-state index contributed by atoms with van der Waals surface area (Å²) in [6, 6.07) is 0. The van der Waals surface area contributed by atoms with Crippen LogP contribution in [-0.4, -0.2) is 38.1 Å². The molecule has 6 nitrogen and oxygen atoms in total. The summed E-state index contributed by atoms with van der Waals surface area (Å²) < 4.78 is 27.4. The van der Waals surface area contributed by atoms with Crippen LogP contribution in [0.4, 0.5) is 0 Å². The van der Waals surface area contributed by atoms with Crippen molar-refractivity contribution in [1.29, 1.82) is 0 Å². The maximum Gasteiger partial charge on any atom is 0.259 e. The number of aryl methyl sites for hydroxylation is 2. The van der Waals surface area contributed by atoms with E-state index in [-0.39, 0.29) is 5.03 Å². The SMILES string of the molecule is CNCCNS(=O)(=O)c1cn(C)c(C)n1. The second-order valence-electron chi connectivity index (χ2n) is 3.24. The average Bonchev–Trinajstić information content (AvgIpc) is 2.48. The van der Waals surface area contributed by atoms with Gasteiger partial charge < -0.3 is 9.88 Å². The van der Waals surface area contributed by atoms with Crippen LogP contribution in [0.15, 0.2) is 11.2 Å². The van der Waals surface area contributed by atoms with Crippen molar-refractivity contribution in [3.8, 4) is 0 Å². The van der Waals surface area contributed by atoms with Gasteiger partial charge in [-0.2, -0.15) is 0 Å². The maximum absolute atomic E-state index is 11.7. The number of aromatic nitrogens is 2. The van der Waals surface area contributed by atoms with Crippen molar-refractivity contribution >= 4 is 10.0 Å². The second-order valence-corrected chi connectivity index (χ2v) is 4.95. The standard InChI is InChI=1S/C8H16N4O2S/c1-7-11-8(6-12(7)3)15(13,14)10-5-4-9-2/h6,9-10H,4-5H2,1-3H3. The molecule has 0 amide bonds.